The van der Waals surface area contributed by atoms with Crippen molar-refractivity contribution in [3.63, 3.8) is 0 Å². The Morgan fingerprint density at radius 3 is 2.50 bits per heavy atom. The summed E-state index contributed by atoms with van der Waals surface area (Å²) in [6, 6.07) is 0.661. The van der Waals surface area contributed by atoms with Gasteiger partial charge in [0, 0.05) is 31.2 Å². The first kappa shape index (κ1) is 12.3. The van der Waals surface area contributed by atoms with E-state index < -0.39 is 0 Å². The fourth-order valence-corrected chi connectivity index (χ4v) is 3.72. The van der Waals surface area contributed by atoms with Gasteiger partial charge in [-0.05, 0) is 39.8 Å². The van der Waals surface area contributed by atoms with Crippen LogP contribution in [-0.4, -0.2) is 54.6 Å². The minimum absolute atomic E-state index is 0.338. The summed E-state index contributed by atoms with van der Waals surface area (Å²) in [5, 5.41) is 0. The highest BCUT2D eigenvalue weighted by Gasteiger charge is 2.40. The Morgan fingerprint density at radius 2 is 1.88 bits per heavy atom. The molecule has 1 saturated carbocycles. The quantitative estimate of drug-likeness (QED) is 0.768. The standard InChI is InChI=1S/C13H27N3/c1-12-10-15(2)8-5-9-16(12)13(11-14)6-3-4-7-13/h12H,3-11,14H2,1-2H3. The van der Waals surface area contributed by atoms with Crippen molar-refractivity contribution in [3.05, 3.63) is 0 Å². The van der Waals surface area contributed by atoms with Crippen LogP contribution in [0.2, 0.25) is 0 Å². The van der Waals surface area contributed by atoms with Crippen LogP contribution in [0.3, 0.4) is 0 Å². The van der Waals surface area contributed by atoms with E-state index >= 15 is 0 Å². The van der Waals surface area contributed by atoms with Gasteiger partial charge < -0.3 is 10.6 Å². The molecule has 0 bridgehead atoms. The predicted molar refractivity (Wildman–Crippen MR) is 68.5 cm³/mol. The second kappa shape index (κ2) is 5.03. The predicted octanol–water partition coefficient (Wildman–Crippen LogP) is 1.28. The van der Waals surface area contributed by atoms with E-state index in [1.165, 1.54) is 51.7 Å². The number of nitrogens with two attached hydrogens (primary N) is 1. The molecule has 0 radical (unpaired) electrons. The number of rotatable bonds is 2. The van der Waals surface area contributed by atoms with E-state index in [1.54, 1.807) is 0 Å². The maximum Gasteiger partial charge on any atom is 0.0335 e. The molecule has 0 aromatic carbocycles. The molecule has 1 atom stereocenters. The van der Waals surface area contributed by atoms with Crippen molar-refractivity contribution >= 4 is 0 Å². The SMILES string of the molecule is CC1CN(C)CCCN1C1(CN)CCCC1. The first-order valence-electron chi connectivity index (χ1n) is 6.83. The second-order valence-electron chi connectivity index (χ2n) is 5.79. The molecule has 1 unspecified atom stereocenters. The van der Waals surface area contributed by atoms with Crippen molar-refractivity contribution in [3.8, 4) is 0 Å². The topological polar surface area (TPSA) is 32.5 Å². The van der Waals surface area contributed by atoms with E-state index in [0.717, 1.165) is 6.54 Å². The Hall–Kier alpha value is -0.120. The van der Waals surface area contributed by atoms with E-state index in [4.69, 9.17) is 5.73 Å². The van der Waals surface area contributed by atoms with Gasteiger partial charge in [-0.3, -0.25) is 4.90 Å². The summed E-state index contributed by atoms with van der Waals surface area (Å²) in [6.45, 7) is 6.89. The number of nitrogens with zero attached hydrogens (tertiary/aromatic N) is 2. The Bertz CT molecular complexity index is 223. The van der Waals surface area contributed by atoms with Gasteiger partial charge in [-0.1, -0.05) is 12.8 Å². The summed E-state index contributed by atoms with van der Waals surface area (Å²) >= 11 is 0. The average Bonchev–Trinajstić information content (AvgIpc) is 2.67. The zero-order valence-electron chi connectivity index (χ0n) is 10.9. The molecule has 0 spiro atoms. The largest absolute Gasteiger partial charge is 0.329 e. The van der Waals surface area contributed by atoms with Crippen molar-refractivity contribution in [1.29, 1.82) is 0 Å². The minimum atomic E-state index is 0.338. The van der Waals surface area contributed by atoms with Gasteiger partial charge in [0.05, 0.1) is 0 Å². The summed E-state index contributed by atoms with van der Waals surface area (Å²) in [7, 11) is 2.24. The highest BCUT2D eigenvalue weighted by atomic mass is 15.3. The van der Waals surface area contributed by atoms with Crippen LogP contribution in [0.4, 0.5) is 0 Å². The smallest absolute Gasteiger partial charge is 0.0335 e. The minimum Gasteiger partial charge on any atom is -0.329 e. The lowest BCUT2D eigenvalue weighted by molar-refractivity contribution is 0.0612. The third kappa shape index (κ3) is 2.27. The Morgan fingerprint density at radius 1 is 1.19 bits per heavy atom. The van der Waals surface area contributed by atoms with E-state index in [9.17, 15) is 0 Å². The average molecular weight is 225 g/mol. The van der Waals surface area contributed by atoms with E-state index in [2.05, 4.69) is 23.8 Å². The Kier molecular flexibility index (Phi) is 3.88. The molecule has 2 rings (SSSR count). The van der Waals surface area contributed by atoms with Gasteiger partial charge in [-0.15, -0.1) is 0 Å². The van der Waals surface area contributed by atoms with Crippen molar-refractivity contribution in [2.45, 2.75) is 50.6 Å². The number of hydrogen-bond donors (Lipinski definition) is 1. The first-order chi connectivity index (χ1) is 7.68. The van der Waals surface area contributed by atoms with Crippen LogP contribution in [0.5, 0.6) is 0 Å². The maximum absolute atomic E-state index is 6.09. The molecule has 16 heavy (non-hydrogen) atoms. The van der Waals surface area contributed by atoms with Gasteiger partial charge in [0.1, 0.15) is 0 Å². The van der Waals surface area contributed by atoms with Crippen LogP contribution in [-0.2, 0) is 0 Å². The normalized spacial score (nSPS) is 32.8. The molecule has 0 aromatic rings. The highest BCUT2D eigenvalue weighted by Crippen LogP contribution is 2.36. The summed E-state index contributed by atoms with van der Waals surface area (Å²) in [6.07, 6.45) is 6.67. The van der Waals surface area contributed by atoms with Crippen molar-refractivity contribution in [2.75, 3.05) is 33.2 Å². The fourth-order valence-electron chi connectivity index (χ4n) is 3.72. The molecule has 3 nitrogen and oxygen atoms in total. The van der Waals surface area contributed by atoms with Crippen LogP contribution in [0, 0.1) is 0 Å². The Balaban J connectivity index is 2.11. The van der Waals surface area contributed by atoms with Gasteiger partial charge in [0.15, 0.2) is 0 Å². The third-order valence-electron chi connectivity index (χ3n) is 4.57. The molecule has 2 N–H and O–H groups in total. The van der Waals surface area contributed by atoms with E-state index in [1.807, 2.05) is 0 Å². The van der Waals surface area contributed by atoms with Gasteiger partial charge in [0.2, 0.25) is 0 Å². The second-order valence-corrected chi connectivity index (χ2v) is 5.79. The molecule has 1 aliphatic heterocycles. The molecule has 1 saturated heterocycles. The zero-order chi connectivity index (χ0) is 11.6. The summed E-state index contributed by atoms with van der Waals surface area (Å²) in [5.41, 5.74) is 6.43. The molecule has 1 heterocycles. The maximum atomic E-state index is 6.09. The molecule has 0 aromatic heterocycles. The van der Waals surface area contributed by atoms with E-state index in [-0.39, 0.29) is 0 Å². The zero-order valence-corrected chi connectivity index (χ0v) is 10.9. The van der Waals surface area contributed by atoms with Crippen LogP contribution in [0.1, 0.15) is 39.0 Å². The fraction of sp³-hybridized carbons (Fsp3) is 1.00. The van der Waals surface area contributed by atoms with Crippen molar-refractivity contribution in [2.24, 2.45) is 5.73 Å². The number of likely N-dealkylation sites (N-methyl/N-ethyl adjacent to an activating group) is 1. The van der Waals surface area contributed by atoms with Crippen molar-refractivity contribution in [1.82, 2.24) is 9.80 Å². The molecule has 94 valence electrons. The van der Waals surface area contributed by atoms with Crippen LogP contribution in [0.15, 0.2) is 0 Å². The Labute approximate surface area is 100.0 Å². The summed E-state index contributed by atoms with van der Waals surface area (Å²) in [4.78, 5) is 5.19. The first-order valence-corrected chi connectivity index (χ1v) is 6.83. The molecular weight excluding hydrogens is 198 g/mol. The van der Waals surface area contributed by atoms with Crippen LogP contribution < -0.4 is 5.73 Å². The highest BCUT2D eigenvalue weighted by molar-refractivity contribution is 4.98. The van der Waals surface area contributed by atoms with Gasteiger partial charge in [-0.25, -0.2) is 0 Å². The lowest BCUT2D eigenvalue weighted by atomic mass is 9.93. The van der Waals surface area contributed by atoms with E-state index in [0.29, 0.717) is 11.6 Å². The third-order valence-corrected chi connectivity index (χ3v) is 4.57. The molecule has 0 amide bonds. The lowest BCUT2D eigenvalue weighted by Crippen LogP contribution is -2.56. The van der Waals surface area contributed by atoms with Gasteiger partial charge in [-0.2, -0.15) is 0 Å². The van der Waals surface area contributed by atoms with Gasteiger partial charge in [0.25, 0.3) is 0 Å². The molecular formula is C13H27N3. The van der Waals surface area contributed by atoms with Crippen LogP contribution in [0.25, 0.3) is 0 Å². The van der Waals surface area contributed by atoms with Gasteiger partial charge >= 0.3 is 0 Å². The van der Waals surface area contributed by atoms with Crippen molar-refractivity contribution < 1.29 is 0 Å². The molecule has 3 heteroatoms. The lowest BCUT2D eigenvalue weighted by Gasteiger charge is -2.44. The molecule has 2 fully saturated rings. The van der Waals surface area contributed by atoms with Crippen LogP contribution >= 0.6 is 0 Å². The molecule has 2 aliphatic rings. The number of hydrogen-bond acceptors (Lipinski definition) is 3. The monoisotopic (exact) mass is 225 g/mol. The summed E-state index contributed by atoms with van der Waals surface area (Å²) < 4.78 is 0. The molecule has 1 aliphatic carbocycles. The summed E-state index contributed by atoms with van der Waals surface area (Å²) in [5.74, 6) is 0.